The number of halogens is 3. The molecule has 0 saturated heterocycles. The van der Waals surface area contributed by atoms with E-state index < -0.39 is 17.4 Å². The van der Waals surface area contributed by atoms with Gasteiger partial charge < -0.3 is 5.32 Å². The van der Waals surface area contributed by atoms with Crippen molar-refractivity contribution in [1.29, 1.82) is 0 Å². The predicted molar refractivity (Wildman–Crippen MR) is 127 cm³/mol. The van der Waals surface area contributed by atoms with Crippen LogP contribution in [0.25, 0.3) is 11.1 Å². The zero-order valence-electron chi connectivity index (χ0n) is 19.1. The molecule has 0 unspecified atom stereocenters. The topological polar surface area (TPSA) is 79.8 Å². The number of carbonyl (C=O) groups is 1. The van der Waals surface area contributed by atoms with E-state index in [1.54, 1.807) is 36.4 Å². The number of benzene rings is 3. The van der Waals surface area contributed by atoms with E-state index in [1.165, 1.54) is 12.4 Å². The number of nitrogens with zero attached hydrogens (tertiary/aromatic N) is 2. The zero-order chi connectivity index (χ0) is 25.2. The molecule has 0 aliphatic heterocycles. The molecule has 0 bridgehead atoms. The van der Waals surface area contributed by atoms with Gasteiger partial charge in [-0.05, 0) is 58.5 Å². The number of hydrogen-bond donors (Lipinski definition) is 2. The van der Waals surface area contributed by atoms with Gasteiger partial charge in [0.2, 0.25) is 0 Å². The van der Waals surface area contributed by atoms with Gasteiger partial charge in [-0.15, -0.1) is 0 Å². The van der Waals surface area contributed by atoms with Crippen LogP contribution in [0.3, 0.4) is 0 Å². The maximum Gasteiger partial charge on any atom is 0.416 e. The first-order valence-corrected chi connectivity index (χ1v) is 10.9. The van der Waals surface area contributed by atoms with Crippen LogP contribution in [-0.2, 0) is 12.7 Å². The molecule has 4 aromatic rings. The number of H-pyrrole nitrogens is 1. The number of hydrogen-bond acceptors (Lipinski definition) is 3. The van der Waals surface area contributed by atoms with Gasteiger partial charge in [-0.25, -0.2) is 9.48 Å². The molecule has 0 aliphatic carbocycles. The van der Waals surface area contributed by atoms with Gasteiger partial charge in [0, 0.05) is 11.3 Å². The van der Waals surface area contributed by atoms with Gasteiger partial charge in [-0.3, -0.25) is 9.78 Å². The number of anilines is 1. The van der Waals surface area contributed by atoms with Crippen molar-refractivity contribution in [2.45, 2.75) is 32.5 Å². The number of rotatable bonds is 6. The van der Waals surface area contributed by atoms with Crippen LogP contribution in [-0.4, -0.2) is 20.7 Å². The molecule has 9 heteroatoms. The molecule has 35 heavy (non-hydrogen) atoms. The molecule has 3 aromatic carbocycles. The fraction of sp³-hybridized carbons (Fsp3) is 0.192. The van der Waals surface area contributed by atoms with Gasteiger partial charge in [-0.2, -0.15) is 18.3 Å². The summed E-state index contributed by atoms with van der Waals surface area (Å²) in [4.78, 5) is 27.1. The van der Waals surface area contributed by atoms with Crippen molar-refractivity contribution in [3.8, 4) is 11.1 Å². The first-order chi connectivity index (χ1) is 16.6. The number of amides is 1. The molecule has 0 fully saturated rings. The second-order valence-corrected chi connectivity index (χ2v) is 8.39. The third kappa shape index (κ3) is 5.34. The number of aromatic amines is 1. The molecule has 0 aliphatic rings. The number of aromatic nitrogens is 3. The Hall–Kier alpha value is -4.14. The van der Waals surface area contributed by atoms with Gasteiger partial charge in [0.25, 0.3) is 5.91 Å². The van der Waals surface area contributed by atoms with Gasteiger partial charge in [-0.1, -0.05) is 50.2 Å². The van der Waals surface area contributed by atoms with E-state index in [1.807, 2.05) is 26.0 Å². The van der Waals surface area contributed by atoms with Gasteiger partial charge in [0.15, 0.2) is 0 Å². The number of carbonyl (C=O) groups excluding carboxylic acids is 1. The molecule has 1 amide bonds. The smallest absolute Gasteiger partial charge is 0.322 e. The van der Waals surface area contributed by atoms with E-state index in [9.17, 15) is 22.8 Å². The van der Waals surface area contributed by atoms with E-state index in [-0.39, 0.29) is 18.4 Å². The summed E-state index contributed by atoms with van der Waals surface area (Å²) in [6.45, 7) is 4.01. The Kier molecular flexibility index (Phi) is 6.59. The lowest BCUT2D eigenvalue weighted by Crippen LogP contribution is -2.19. The summed E-state index contributed by atoms with van der Waals surface area (Å²) < 4.78 is 41.3. The van der Waals surface area contributed by atoms with Crippen molar-refractivity contribution in [2.75, 3.05) is 5.32 Å². The highest BCUT2D eigenvalue weighted by Crippen LogP contribution is 2.34. The van der Waals surface area contributed by atoms with Gasteiger partial charge in [0.05, 0.1) is 12.1 Å². The van der Waals surface area contributed by atoms with E-state index in [2.05, 4.69) is 15.4 Å². The summed E-state index contributed by atoms with van der Waals surface area (Å²) in [5, 5.41) is 6.74. The van der Waals surface area contributed by atoms with Gasteiger partial charge in [0.1, 0.15) is 6.33 Å². The quantitative estimate of drug-likeness (QED) is 0.373. The van der Waals surface area contributed by atoms with Crippen LogP contribution in [0.1, 0.15) is 46.8 Å². The molecule has 2 N–H and O–H groups in total. The molecule has 1 heterocycles. The Morgan fingerprint density at radius 1 is 1.06 bits per heavy atom. The fourth-order valence-corrected chi connectivity index (χ4v) is 3.85. The van der Waals surface area contributed by atoms with Crippen molar-refractivity contribution >= 4 is 11.6 Å². The average Bonchev–Trinajstić information content (AvgIpc) is 3.23. The fourth-order valence-electron chi connectivity index (χ4n) is 3.85. The van der Waals surface area contributed by atoms with E-state index >= 15 is 0 Å². The van der Waals surface area contributed by atoms with E-state index in [0.29, 0.717) is 27.9 Å². The van der Waals surface area contributed by atoms with Crippen LogP contribution in [0.15, 0.2) is 77.9 Å². The second-order valence-electron chi connectivity index (χ2n) is 8.39. The Balaban J connectivity index is 1.64. The van der Waals surface area contributed by atoms with Gasteiger partial charge >= 0.3 is 11.9 Å². The average molecular weight is 480 g/mol. The molecule has 0 radical (unpaired) electrons. The molecule has 0 saturated carbocycles. The highest BCUT2D eigenvalue weighted by molar-refractivity contribution is 6.05. The lowest BCUT2D eigenvalue weighted by Gasteiger charge is -2.15. The minimum atomic E-state index is -4.52. The predicted octanol–water partition coefficient (Wildman–Crippen LogP) is 5.68. The second kappa shape index (κ2) is 9.61. The molecule has 4 rings (SSSR count). The summed E-state index contributed by atoms with van der Waals surface area (Å²) in [6, 6.07) is 17.3. The van der Waals surface area contributed by atoms with E-state index in [0.717, 1.165) is 22.4 Å². The van der Waals surface area contributed by atoms with Crippen LogP contribution in [0, 0.1) is 0 Å². The van der Waals surface area contributed by atoms with Crippen molar-refractivity contribution in [3.05, 3.63) is 106 Å². The monoisotopic (exact) mass is 480 g/mol. The van der Waals surface area contributed by atoms with Crippen LogP contribution >= 0.6 is 0 Å². The third-order valence-electron chi connectivity index (χ3n) is 5.66. The summed E-state index contributed by atoms with van der Waals surface area (Å²) in [6.07, 6.45) is -3.30. The number of alkyl halides is 3. The van der Waals surface area contributed by atoms with Crippen LogP contribution in [0.2, 0.25) is 0 Å². The highest BCUT2D eigenvalue weighted by Gasteiger charge is 2.31. The largest absolute Gasteiger partial charge is 0.416 e. The Labute approximate surface area is 199 Å². The van der Waals surface area contributed by atoms with Crippen molar-refractivity contribution in [2.24, 2.45) is 0 Å². The molecule has 180 valence electrons. The minimum Gasteiger partial charge on any atom is -0.322 e. The molecule has 6 nitrogen and oxygen atoms in total. The lowest BCUT2D eigenvalue weighted by molar-refractivity contribution is -0.137. The highest BCUT2D eigenvalue weighted by atomic mass is 19.4. The summed E-state index contributed by atoms with van der Waals surface area (Å²) in [5.74, 6) is -0.0969. The maximum absolute atomic E-state index is 13.4. The van der Waals surface area contributed by atoms with Crippen LogP contribution in [0.5, 0.6) is 0 Å². The first-order valence-electron chi connectivity index (χ1n) is 10.9. The SMILES string of the molecule is CC(C)c1ccccc1C(=O)Nc1ccc(-c2cc(C(F)(F)F)ccc2Cn2nc[nH]c2=O)cc1. The number of nitrogens with one attached hydrogen (secondary N) is 2. The van der Waals surface area contributed by atoms with Crippen molar-refractivity contribution < 1.29 is 18.0 Å². The molecular formula is C26H23F3N4O2. The maximum atomic E-state index is 13.4. The third-order valence-corrected chi connectivity index (χ3v) is 5.66. The zero-order valence-corrected chi connectivity index (χ0v) is 19.1. The Morgan fingerprint density at radius 2 is 1.77 bits per heavy atom. The Bertz CT molecular complexity index is 1400. The van der Waals surface area contributed by atoms with Crippen LogP contribution < -0.4 is 11.0 Å². The summed E-state index contributed by atoms with van der Waals surface area (Å²) >= 11 is 0. The van der Waals surface area contributed by atoms with Crippen molar-refractivity contribution in [3.63, 3.8) is 0 Å². The van der Waals surface area contributed by atoms with Crippen molar-refractivity contribution in [1.82, 2.24) is 14.8 Å². The molecule has 0 spiro atoms. The standard InChI is InChI=1S/C26H23F3N4O2/c1-16(2)21-5-3-4-6-22(21)24(34)32-20-11-8-17(9-12-20)23-13-19(26(27,28)29)10-7-18(23)14-33-25(35)30-15-31-33/h3-13,15-16H,14H2,1-2H3,(H,32,34)(H,30,31,35). The molecular weight excluding hydrogens is 457 g/mol. The summed E-state index contributed by atoms with van der Waals surface area (Å²) in [7, 11) is 0. The lowest BCUT2D eigenvalue weighted by atomic mass is 9.96. The normalized spacial score (nSPS) is 11.6. The van der Waals surface area contributed by atoms with E-state index in [4.69, 9.17) is 0 Å². The molecule has 0 atom stereocenters. The molecule has 1 aromatic heterocycles. The van der Waals surface area contributed by atoms with Crippen LogP contribution in [0.4, 0.5) is 18.9 Å². The summed E-state index contributed by atoms with van der Waals surface area (Å²) in [5.41, 5.74) is 2.06. The Morgan fingerprint density at radius 3 is 2.40 bits per heavy atom. The minimum absolute atomic E-state index is 0.000275. The first kappa shape index (κ1) is 24.0.